The molecule has 3 amide bonds. The Hall–Kier alpha value is -2.28. The highest BCUT2D eigenvalue weighted by Crippen LogP contribution is 2.33. The normalized spacial score (nSPS) is 27.1. The minimum atomic E-state index is -0.778. The first-order chi connectivity index (χ1) is 12.0. The molecule has 3 aliphatic rings. The summed E-state index contributed by atoms with van der Waals surface area (Å²) < 4.78 is 11.2. The van der Waals surface area contributed by atoms with E-state index in [0.717, 1.165) is 44.0 Å². The van der Waals surface area contributed by atoms with Crippen LogP contribution in [0.2, 0.25) is 0 Å². The highest BCUT2D eigenvalue weighted by molar-refractivity contribution is 6.06. The van der Waals surface area contributed by atoms with Gasteiger partial charge in [0.2, 0.25) is 0 Å². The van der Waals surface area contributed by atoms with Gasteiger partial charge in [0.15, 0.2) is 11.5 Å². The first-order valence-electron chi connectivity index (χ1n) is 8.79. The van der Waals surface area contributed by atoms with Crippen LogP contribution >= 0.6 is 0 Å². The van der Waals surface area contributed by atoms with Crippen molar-refractivity contribution in [2.45, 2.75) is 31.8 Å². The summed E-state index contributed by atoms with van der Waals surface area (Å²) in [6, 6.07) is 5.71. The fraction of sp³-hybridized carbons (Fsp3) is 0.556. The number of likely N-dealkylation sites (tertiary alicyclic amines) is 1. The third-order valence-corrected chi connectivity index (χ3v) is 5.49. The second kappa shape index (κ2) is 6.22. The zero-order chi connectivity index (χ0) is 17.4. The van der Waals surface area contributed by atoms with E-state index in [-0.39, 0.29) is 17.9 Å². The zero-order valence-corrected chi connectivity index (χ0v) is 14.3. The van der Waals surface area contributed by atoms with Crippen molar-refractivity contribution < 1.29 is 19.1 Å². The molecule has 4 rings (SSSR count). The van der Waals surface area contributed by atoms with E-state index in [1.54, 1.807) is 0 Å². The van der Waals surface area contributed by atoms with Gasteiger partial charge in [-0.25, -0.2) is 4.79 Å². The molecule has 1 aromatic carbocycles. The number of carbonyl (C=O) groups excluding carboxylic acids is 2. The van der Waals surface area contributed by atoms with Gasteiger partial charge in [0, 0.05) is 6.54 Å². The molecule has 0 bridgehead atoms. The Morgan fingerprint density at radius 1 is 1.16 bits per heavy atom. The van der Waals surface area contributed by atoms with Crippen LogP contribution in [0.1, 0.15) is 25.3 Å². The summed E-state index contributed by atoms with van der Waals surface area (Å²) in [5.74, 6) is 1.58. The molecule has 0 aliphatic carbocycles. The maximum Gasteiger partial charge on any atom is 0.322 e. The molecule has 3 aliphatic heterocycles. The van der Waals surface area contributed by atoms with Crippen molar-refractivity contribution >= 4 is 11.9 Å². The maximum absolute atomic E-state index is 12.1. The molecule has 1 unspecified atom stereocenters. The van der Waals surface area contributed by atoms with Crippen LogP contribution in [0, 0.1) is 5.92 Å². The average molecular weight is 345 g/mol. The number of piperidine rings is 1. The molecule has 0 aromatic heterocycles. The number of nitrogens with one attached hydrogen (secondary N) is 2. The number of hydrogen-bond donors (Lipinski definition) is 2. The molecule has 25 heavy (non-hydrogen) atoms. The summed E-state index contributed by atoms with van der Waals surface area (Å²) in [6.07, 6.45) is 1.77. The lowest BCUT2D eigenvalue weighted by Gasteiger charge is -2.38. The first kappa shape index (κ1) is 16.2. The Balaban J connectivity index is 1.36. The monoisotopic (exact) mass is 345 g/mol. The summed E-state index contributed by atoms with van der Waals surface area (Å²) in [6.45, 7) is 5.67. The third kappa shape index (κ3) is 3.04. The van der Waals surface area contributed by atoms with E-state index in [9.17, 15) is 9.59 Å². The van der Waals surface area contributed by atoms with Crippen LogP contribution in [0.5, 0.6) is 11.5 Å². The Kier molecular flexibility index (Phi) is 4.03. The maximum atomic E-state index is 12.1. The lowest BCUT2D eigenvalue weighted by atomic mass is 9.79. The van der Waals surface area contributed by atoms with Crippen molar-refractivity contribution in [3.05, 3.63) is 23.8 Å². The Morgan fingerprint density at radius 3 is 2.56 bits per heavy atom. The highest BCUT2D eigenvalue weighted by Gasteiger charge is 2.48. The van der Waals surface area contributed by atoms with Gasteiger partial charge in [0.05, 0.1) is 0 Å². The molecule has 7 heteroatoms. The summed E-state index contributed by atoms with van der Waals surface area (Å²) in [5.41, 5.74) is 0.418. The van der Waals surface area contributed by atoms with E-state index >= 15 is 0 Å². The quantitative estimate of drug-likeness (QED) is 0.807. The average Bonchev–Trinajstić information content (AvgIpc) is 2.88. The molecule has 0 spiro atoms. The molecule has 1 aromatic rings. The fourth-order valence-corrected chi connectivity index (χ4v) is 3.96. The number of carbonyl (C=O) groups is 2. The topological polar surface area (TPSA) is 79.9 Å². The number of ether oxygens (including phenoxy) is 2. The van der Waals surface area contributed by atoms with Crippen molar-refractivity contribution in [1.82, 2.24) is 15.5 Å². The lowest BCUT2D eigenvalue weighted by molar-refractivity contribution is -0.125. The number of rotatable bonds is 3. The van der Waals surface area contributed by atoms with Crippen molar-refractivity contribution in [2.24, 2.45) is 5.92 Å². The standard InChI is InChI=1S/C18H23N3O4/c1-18(16(22)19-17(23)20-18)13-4-6-21(7-5-13)11-12-2-3-14-15(10-12)25-9-8-24-14/h2-3,10,13H,4-9,11H2,1H3,(H2,19,20,22,23). The van der Waals surface area contributed by atoms with Gasteiger partial charge >= 0.3 is 6.03 Å². The second-order valence-electron chi connectivity index (χ2n) is 7.14. The molecule has 134 valence electrons. The van der Waals surface area contributed by atoms with Crippen LogP contribution in [-0.4, -0.2) is 48.7 Å². The fourth-order valence-electron chi connectivity index (χ4n) is 3.96. The number of amides is 3. The highest BCUT2D eigenvalue weighted by atomic mass is 16.6. The van der Waals surface area contributed by atoms with E-state index in [4.69, 9.17) is 9.47 Å². The molecule has 1 atom stereocenters. The van der Waals surface area contributed by atoms with E-state index in [2.05, 4.69) is 21.6 Å². The minimum Gasteiger partial charge on any atom is -0.486 e. The van der Waals surface area contributed by atoms with Crippen LogP contribution in [-0.2, 0) is 11.3 Å². The van der Waals surface area contributed by atoms with Gasteiger partial charge in [-0.1, -0.05) is 6.07 Å². The number of hydrogen-bond acceptors (Lipinski definition) is 5. The molecule has 7 nitrogen and oxygen atoms in total. The van der Waals surface area contributed by atoms with Crippen LogP contribution in [0.25, 0.3) is 0 Å². The smallest absolute Gasteiger partial charge is 0.322 e. The van der Waals surface area contributed by atoms with Crippen LogP contribution in [0.15, 0.2) is 18.2 Å². The Labute approximate surface area is 146 Å². The van der Waals surface area contributed by atoms with Gasteiger partial charge in [-0.3, -0.25) is 15.0 Å². The van der Waals surface area contributed by atoms with Crippen LogP contribution in [0.4, 0.5) is 4.79 Å². The molecule has 2 fully saturated rings. The number of urea groups is 1. The van der Waals surface area contributed by atoms with Crippen molar-refractivity contribution in [3.63, 3.8) is 0 Å². The van der Waals surface area contributed by atoms with Crippen molar-refractivity contribution in [1.29, 1.82) is 0 Å². The van der Waals surface area contributed by atoms with Gasteiger partial charge in [-0.2, -0.15) is 0 Å². The van der Waals surface area contributed by atoms with Gasteiger partial charge in [-0.05, 0) is 56.5 Å². The minimum absolute atomic E-state index is 0.162. The number of imide groups is 1. The summed E-state index contributed by atoms with van der Waals surface area (Å²) in [4.78, 5) is 25.9. The zero-order valence-electron chi connectivity index (χ0n) is 14.3. The summed E-state index contributed by atoms with van der Waals surface area (Å²) >= 11 is 0. The van der Waals surface area contributed by atoms with Gasteiger partial charge in [-0.15, -0.1) is 0 Å². The predicted molar refractivity (Wildman–Crippen MR) is 90.5 cm³/mol. The van der Waals surface area contributed by atoms with E-state index in [1.807, 2.05) is 19.1 Å². The van der Waals surface area contributed by atoms with Crippen LogP contribution < -0.4 is 20.1 Å². The Bertz CT molecular complexity index is 700. The SMILES string of the molecule is CC1(C2CCN(Cc3ccc4c(c3)OCCO4)CC2)NC(=O)NC1=O. The Morgan fingerprint density at radius 2 is 1.88 bits per heavy atom. The molecular weight excluding hydrogens is 322 g/mol. The summed E-state index contributed by atoms with van der Waals surface area (Å²) in [7, 11) is 0. The van der Waals surface area contributed by atoms with E-state index < -0.39 is 5.54 Å². The molecule has 0 radical (unpaired) electrons. The van der Waals surface area contributed by atoms with E-state index in [1.165, 1.54) is 5.56 Å². The summed E-state index contributed by atoms with van der Waals surface area (Å²) in [5, 5.41) is 5.16. The predicted octanol–water partition coefficient (Wildman–Crippen LogP) is 1.27. The molecule has 2 N–H and O–H groups in total. The second-order valence-corrected chi connectivity index (χ2v) is 7.14. The lowest BCUT2D eigenvalue weighted by Crippen LogP contribution is -2.53. The van der Waals surface area contributed by atoms with Crippen LogP contribution in [0.3, 0.4) is 0 Å². The first-order valence-corrected chi connectivity index (χ1v) is 8.79. The molecule has 3 heterocycles. The van der Waals surface area contributed by atoms with Gasteiger partial charge in [0.25, 0.3) is 5.91 Å². The third-order valence-electron chi connectivity index (χ3n) is 5.49. The largest absolute Gasteiger partial charge is 0.486 e. The molecule has 0 saturated carbocycles. The van der Waals surface area contributed by atoms with Crippen molar-refractivity contribution in [3.8, 4) is 11.5 Å². The number of fused-ring (bicyclic) bond motifs is 1. The van der Waals surface area contributed by atoms with E-state index in [0.29, 0.717) is 13.2 Å². The number of nitrogens with zero attached hydrogens (tertiary/aromatic N) is 1. The van der Waals surface area contributed by atoms with Gasteiger partial charge in [0.1, 0.15) is 18.8 Å². The van der Waals surface area contributed by atoms with Crippen molar-refractivity contribution in [2.75, 3.05) is 26.3 Å². The molecular formula is C18H23N3O4. The van der Waals surface area contributed by atoms with Gasteiger partial charge < -0.3 is 14.8 Å². The number of benzene rings is 1. The molecule has 2 saturated heterocycles.